The summed E-state index contributed by atoms with van der Waals surface area (Å²) in [6.45, 7) is 5.99. The first kappa shape index (κ1) is 19.3. The SMILES string of the molecule is Cc1cc(N(C(=O)C(=O)N2CCC(C(N)=O)C2C)C2(C)COC2)ccc1F. The van der Waals surface area contributed by atoms with Crippen LogP contribution in [0.1, 0.15) is 25.8 Å². The smallest absolute Gasteiger partial charge is 0.317 e. The number of amides is 3. The maximum absolute atomic E-state index is 13.7. The summed E-state index contributed by atoms with van der Waals surface area (Å²) in [7, 11) is 0. The van der Waals surface area contributed by atoms with E-state index in [9.17, 15) is 18.8 Å². The van der Waals surface area contributed by atoms with E-state index in [4.69, 9.17) is 10.5 Å². The lowest BCUT2D eigenvalue weighted by molar-refractivity contribution is -0.148. The zero-order chi connectivity index (χ0) is 19.9. The molecule has 2 N–H and O–H groups in total. The molecule has 0 saturated carbocycles. The molecule has 2 heterocycles. The number of benzene rings is 1. The van der Waals surface area contributed by atoms with Gasteiger partial charge in [-0.1, -0.05) is 0 Å². The molecule has 2 fully saturated rings. The summed E-state index contributed by atoms with van der Waals surface area (Å²) >= 11 is 0. The van der Waals surface area contributed by atoms with Crippen LogP contribution in [0.25, 0.3) is 0 Å². The van der Waals surface area contributed by atoms with Gasteiger partial charge in [0.1, 0.15) is 5.82 Å². The molecule has 146 valence electrons. The number of carbonyl (C=O) groups excluding carboxylic acids is 3. The highest BCUT2D eigenvalue weighted by Crippen LogP contribution is 2.33. The number of ether oxygens (including phenoxy) is 1. The molecule has 3 amide bonds. The summed E-state index contributed by atoms with van der Waals surface area (Å²) < 4.78 is 18.9. The van der Waals surface area contributed by atoms with Crippen LogP contribution in [0.4, 0.5) is 10.1 Å². The van der Waals surface area contributed by atoms with Crippen molar-refractivity contribution in [1.82, 2.24) is 4.90 Å². The number of rotatable bonds is 3. The Balaban J connectivity index is 1.91. The van der Waals surface area contributed by atoms with Crippen molar-refractivity contribution in [3.63, 3.8) is 0 Å². The maximum Gasteiger partial charge on any atom is 0.317 e. The highest BCUT2D eigenvalue weighted by Gasteiger charge is 2.48. The number of primary amides is 1. The van der Waals surface area contributed by atoms with Gasteiger partial charge in [-0.2, -0.15) is 0 Å². The number of hydrogen-bond donors (Lipinski definition) is 1. The maximum atomic E-state index is 13.7. The number of anilines is 1. The van der Waals surface area contributed by atoms with Crippen LogP contribution in [-0.4, -0.2) is 54.0 Å². The molecule has 7 nitrogen and oxygen atoms in total. The van der Waals surface area contributed by atoms with Gasteiger partial charge in [-0.15, -0.1) is 0 Å². The number of halogens is 1. The number of nitrogens with zero attached hydrogens (tertiary/aromatic N) is 2. The lowest BCUT2D eigenvalue weighted by Crippen LogP contribution is -2.65. The highest BCUT2D eigenvalue weighted by molar-refractivity contribution is 6.40. The molecule has 2 aliphatic heterocycles. The van der Waals surface area contributed by atoms with Crippen molar-refractivity contribution in [2.75, 3.05) is 24.7 Å². The molecule has 0 aromatic heterocycles. The molecule has 8 heteroatoms. The van der Waals surface area contributed by atoms with Gasteiger partial charge < -0.3 is 15.4 Å². The van der Waals surface area contributed by atoms with E-state index in [0.29, 0.717) is 24.2 Å². The lowest BCUT2D eigenvalue weighted by Gasteiger charge is -2.47. The monoisotopic (exact) mass is 377 g/mol. The van der Waals surface area contributed by atoms with E-state index in [1.165, 1.54) is 21.9 Å². The van der Waals surface area contributed by atoms with Gasteiger partial charge in [0.05, 0.1) is 24.7 Å². The largest absolute Gasteiger partial charge is 0.376 e. The van der Waals surface area contributed by atoms with E-state index in [0.717, 1.165) is 0 Å². The Morgan fingerprint density at radius 1 is 1.33 bits per heavy atom. The van der Waals surface area contributed by atoms with Crippen molar-refractivity contribution in [2.45, 2.75) is 38.8 Å². The van der Waals surface area contributed by atoms with Crippen LogP contribution < -0.4 is 10.6 Å². The van der Waals surface area contributed by atoms with E-state index in [-0.39, 0.29) is 19.0 Å². The van der Waals surface area contributed by atoms with Crippen molar-refractivity contribution in [3.05, 3.63) is 29.6 Å². The van der Waals surface area contributed by atoms with Crippen molar-refractivity contribution < 1.29 is 23.5 Å². The van der Waals surface area contributed by atoms with Crippen molar-refractivity contribution in [1.29, 1.82) is 0 Å². The second-order valence-electron chi connectivity index (χ2n) is 7.60. The second-order valence-corrected chi connectivity index (χ2v) is 7.60. The van der Waals surface area contributed by atoms with Crippen LogP contribution in [0.2, 0.25) is 0 Å². The fourth-order valence-electron chi connectivity index (χ4n) is 3.79. The Morgan fingerprint density at radius 3 is 2.48 bits per heavy atom. The molecule has 2 atom stereocenters. The van der Waals surface area contributed by atoms with Gasteiger partial charge in [0.25, 0.3) is 0 Å². The Morgan fingerprint density at radius 2 is 2.00 bits per heavy atom. The Labute approximate surface area is 157 Å². The third-order valence-electron chi connectivity index (χ3n) is 5.53. The predicted molar refractivity (Wildman–Crippen MR) is 96.3 cm³/mol. The quantitative estimate of drug-likeness (QED) is 0.795. The predicted octanol–water partition coefficient (Wildman–Crippen LogP) is 0.978. The van der Waals surface area contributed by atoms with E-state index in [1.807, 2.05) is 6.92 Å². The number of hydrogen-bond acceptors (Lipinski definition) is 4. The molecular formula is C19H24FN3O4. The van der Waals surface area contributed by atoms with Crippen LogP contribution >= 0.6 is 0 Å². The number of aryl methyl sites for hydroxylation is 1. The average molecular weight is 377 g/mol. The van der Waals surface area contributed by atoms with Gasteiger partial charge in [0, 0.05) is 18.3 Å². The molecule has 1 aromatic carbocycles. The van der Waals surface area contributed by atoms with Crippen molar-refractivity contribution in [3.8, 4) is 0 Å². The van der Waals surface area contributed by atoms with E-state index in [2.05, 4.69) is 0 Å². The molecule has 0 radical (unpaired) electrons. The fourth-order valence-corrected chi connectivity index (χ4v) is 3.79. The number of likely N-dealkylation sites (tertiary alicyclic amines) is 1. The normalized spacial score (nSPS) is 23.6. The molecule has 2 aliphatic rings. The van der Waals surface area contributed by atoms with Gasteiger partial charge in [-0.25, -0.2) is 4.39 Å². The van der Waals surface area contributed by atoms with Gasteiger partial charge in [0.2, 0.25) is 5.91 Å². The van der Waals surface area contributed by atoms with Crippen LogP contribution in [0, 0.1) is 18.7 Å². The average Bonchev–Trinajstić information content (AvgIpc) is 2.97. The van der Waals surface area contributed by atoms with Gasteiger partial charge in [0.15, 0.2) is 0 Å². The minimum Gasteiger partial charge on any atom is -0.376 e. The highest BCUT2D eigenvalue weighted by atomic mass is 19.1. The molecule has 1 aromatic rings. The van der Waals surface area contributed by atoms with Gasteiger partial charge in [-0.3, -0.25) is 19.3 Å². The molecule has 27 heavy (non-hydrogen) atoms. The van der Waals surface area contributed by atoms with Crippen LogP contribution in [0.15, 0.2) is 18.2 Å². The summed E-state index contributed by atoms with van der Waals surface area (Å²) in [5.74, 6) is -2.74. The molecule has 0 spiro atoms. The van der Waals surface area contributed by atoms with Crippen LogP contribution in [0.5, 0.6) is 0 Å². The van der Waals surface area contributed by atoms with E-state index in [1.54, 1.807) is 19.9 Å². The topological polar surface area (TPSA) is 92.9 Å². The Hall–Kier alpha value is -2.48. The summed E-state index contributed by atoms with van der Waals surface area (Å²) in [4.78, 5) is 40.4. The molecule has 3 rings (SSSR count). The molecule has 2 unspecified atom stereocenters. The summed E-state index contributed by atoms with van der Waals surface area (Å²) in [6.07, 6.45) is 0.436. The Bertz CT molecular complexity index is 793. The first-order chi connectivity index (χ1) is 12.7. The molecular weight excluding hydrogens is 353 g/mol. The Kier molecular flexibility index (Phi) is 4.94. The third-order valence-corrected chi connectivity index (χ3v) is 5.53. The fraction of sp³-hybridized carbons (Fsp3) is 0.526. The zero-order valence-corrected chi connectivity index (χ0v) is 15.7. The van der Waals surface area contributed by atoms with Gasteiger partial charge >= 0.3 is 11.8 Å². The van der Waals surface area contributed by atoms with E-state index >= 15 is 0 Å². The number of carbonyl (C=O) groups is 3. The number of nitrogens with two attached hydrogens (primary N) is 1. The first-order valence-electron chi connectivity index (χ1n) is 8.94. The standard InChI is InChI=1S/C19H24FN3O4/c1-11-8-13(4-5-15(11)20)23(19(3)9-27-10-19)18(26)17(25)22-7-6-14(12(22)2)16(21)24/h4-5,8,12,14H,6-7,9-10H2,1-3H3,(H2,21,24). The van der Waals surface area contributed by atoms with E-state index < -0.39 is 35.2 Å². The van der Waals surface area contributed by atoms with Crippen molar-refractivity contribution >= 4 is 23.4 Å². The second kappa shape index (κ2) is 6.92. The summed E-state index contributed by atoms with van der Waals surface area (Å²) in [6, 6.07) is 3.86. The summed E-state index contributed by atoms with van der Waals surface area (Å²) in [5, 5.41) is 0. The molecule has 2 saturated heterocycles. The molecule has 0 aliphatic carbocycles. The zero-order valence-electron chi connectivity index (χ0n) is 15.7. The van der Waals surface area contributed by atoms with Gasteiger partial charge in [-0.05, 0) is 51.0 Å². The summed E-state index contributed by atoms with van der Waals surface area (Å²) in [5.41, 5.74) is 5.51. The minimum atomic E-state index is -0.719. The molecule has 0 bridgehead atoms. The third kappa shape index (κ3) is 3.29. The minimum absolute atomic E-state index is 0.280. The van der Waals surface area contributed by atoms with Crippen LogP contribution in [-0.2, 0) is 19.1 Å². The first-order valence-corrected chi connectivity index (χ1v) is 8.94. The lowest BCUT2D eigenvalue weighted by atomic mass is 9.95. The van der Waals surface area contributed by atoms with Crippen LogP contribution in [0.3, 0.4) is 0 Å². The van der Waals surface area contributed by atoms with Crippen molar-refractivity contribution in [2.24, 2.45) is 11.7 Å².